The molecule has 2 heterocycles. The summed E-state index contributed by atoms with van der Waals surface area (Å²) in [4.78, 5) is 8.87. The van der Waals surface area contributed by atoms with Crippen LogP contribution in [0.15, 0.2) is 70.7 Å². The van der Waals surface area contributed by atoms with E-state index in [1.165, 1.54) is 12.1 Å². The molecule has 2 aromatic carbocycles. The van der Waals surface area contributed by atoms with Crippen molar-refractivity contribution in [1.82, 2.24) is 0 Å². The third-order valence-electron chi connectivity index (χ3n) is 5.81. The zero-order valence-electron chi connectivity index (χ0n) is 18.9. The predicted molar refractivity (Wildman–Crippen MR) is 128 cm³/mol. The number of halogens is 1. The van der Waals surface area contributed by atoms with Crippen molar-refractivity contribution in [2.75, 3.05) is 43.2 Å². The molecular weight excluding hydrogens is 419 g/mol. The van der Waals surface area contributed by atoms with Crippen LogP contribution in [0.1, 0.15) is 25.3 Å². The molecule has 0 saturated carbocycles. The van der Waals surface area contributed by atoms with Gasteiger partial charge in [0.1, 0.15) is 29.2 Å². The van der Waals surface area contributed by atoms with Crippen molar-refractivity contribution < 1.29 is 13.9 Å². The van der Waals surface area contributed by atoms with E-state index in [-0.39, 0.29) is 5.56 Å². The number of allylic oxidation sites excluding steroid dienone is 3. The maximum Gasteiger partial charge on any atom is 0.142 e. The van der Waals surface area contributed by atoms with Crippen LogP contribution in [0.5, 0.6) is 5.75 Å². The second kappa shape index (κ2) is 10.3. The molecule has 170 valence electrons. The largest absolute Gasteiger partial charge is 0.456 e. The molecule has 2 aliphatic heterocycles. The molecule has 0 radical (unpaired) electrons. The minimum absolute atomic E-state index is 0.0119. The maximum atomic E-state index is 13.8. The average molecular weight is 447 g/mol. The number of anilines is 2. The summed E-state index contributed by atoms with van der Waals surface area (Å²) in [5, 5.41) is 9.17. The summed E-state index contributed by atoms with van der Waals surface area (Å²) < 4.78 is 25.4. The molecule has 0 aliphatic carbocycles. The lowest BCUT2D eigenvalue weighted by Crippen LogP contribution is -2.36. The van der Waals surface area contributed by atoms with Crippen LogP contribution in [0.3, 0.4) is 0 Å². The van der Waals surface area contributed by atoms with Gasteiger partial charge in [0.15, 0.2) is 0 Å². The smallest absolute Gasteiger partial charge is 0.142 e. The van der Waals surface area contributed by atoms with Crippen molar-refractivity contribution in [3.05, 3.63) is 77.1 Å². The number of aliphatic imine (C=N–C) groups is 1. The van der Waals surface area contributed by atoms with Crippen molar-refractivity contribution in [2.24, 2.45) is 4.99 Å². The molecule has 1 saturated heterocycles. The Morgan fingerprint density at radius 1 is 1.21 bits per heavy atom. The normalized spacial score (nSPS) is 16.2. The number of rotatable bonds is 6. The van der Waals surface area contributed by atoms with Gasteiger partial charge in [0.25, 0.3) is 0 Å². The van der Waals surface area contributed by atoms with Crippen LogP contribution in [0.2, 0.25) is 0 Å². The Hall–Kier alpha value is -3.63. The zero-order chi connectivity index (χ0) is 23.2. The van der Waals surface area contributed by atoms with Gasteiger partial charge in [0.05, 0.1) is 25.0 Å². The fourth-order valence-electron chi connectivity index (χ4n) is 3.91. The van der Waals surface area contributed by atoms with Crippen LogP contribution in [0.25, 0.3) is 0 Å². The average Bonchev–Trinajstić information content (AvgIpc) is 3.06. The molecule has 0 amide bonds. The number of morpholine rings is 1. The first-order valence-corrected chi connectivity index (χ1v) is 11.1. The fraction of sp³-hybridized carbons (Fsp3) is 0.308. The van der Waals surface area contributed by atoms with Crippen LogP contribution in [0, 0.1) is 17.1 Å². The standard InChI is InChI=1S/C26H27FN4O2/c1-3-19-7-9-24(33-23-6-4-5-22(16-23)31-11-13-32-14-12-31)18-29-26(19)30(2)21-8-10-25(27)20(15-21)17-28/h4-6,8-10,15-16,18H,3,7,11-14H2,1-2H3. The van der Waals surface area contributed by atoms with Crippen molar-refractivity contribution in [3.63, 3.8) is 0 Å². The first-order valence-electron chi connectivity index (χ1n) is 11.1. The summed E-state index contributed by atoms with van der Waals surface area (Å²) in [6.45, 7) is 5.27. The number of benzene rings is 2. The van der Waals surface area contributed by atoms with Gasteiger partial charge in [-0.25, -0.2) is 9.38 Å². The molecule has 0 aromatic heterocycles. The van der Waals surface area contributed by atoms with Gasteiger partial charge in [-0.3, -0.25) is 0 Å². The lowest BCUT2D eigenvalue weighted by atomic mass is 10.1. The number of nitrogens with zero attached hydrogens (tertiary/aromatic N) is 4. The van der Waals surface area contributed by atoms with E-state index in [4.69, 9.17) is 14.5 Å². The van der Waals surface area contributed by atoms with Crippen molar-refractivity contribution >= 4 is 17.6 Å². The number of ether oxygens (including phenoxy) is 2. The Balaban J connectivity index is 1.52. The van der Waals surface area contributed by atoms with Crippen molar-refractivity contribution in [1.29, 1.82) is 5.26 Å². The number of nitriles is 1. The second-order valence-corrected chi connectivity index (χ2v) is 7.88. The van der Waals surface area contributed by atoms with E-state index < -0.39 is 5.82 Å². The highest BCUT2D eigenvalue weighted by Crippen LogP contribution is 2.28. The molecular formula is C26H27FN4O2. The molecule has 4 rings (SSSR count). The second-order valence-electron chi connectivity index (χ2n) is 7.88. The molecule has 1 fully saturated rings. The molecule has 7 heteroatoms. The van der Waals surface area contributed by atoms with Crippen LogP contribution in [-0.2, 0) is 4.74 Å². The monoisotopic (exact) mass is 446 g/mol. The maximum absolute atomic E-state index is 13.8. The van der Waals surface area contributed by atoms with E-state index in [0.717, 1.165) is 55.6 Å². The van der Waals surface area contributed by atoms with E-state index in [1.54, 1.807) is 12.3 Å². The van der Waals surface area contributed by atoms with Crippen molar-refractivity contribution in [2.45, 2.75) is 19.8 Å². The first kappa shape index (κ1) is 22.6. The van der Waals surface area contributed by atoms with Gasteiger partial charge in [0.2, 0.25) is 0 Å². The van der Waals surface area contributed by atoms with E-state index in [9.17, 15) is 9.65 Å². The summed E-state index contributed by atoms with van der Waals surface area (Å²) in [7, 11) is 1.87. The summed E-state index contributed by atoms with van der Waals surface area (Å²) in [6.07, 6.45) is 5.22. The summed E-state index contributed by atoms with van der Waals surface area (Å²) in [5.74, 6) is 1.66. The minimum Gasteiger partial charge on any atom is -0.456 e. The summed E-state index contributed by atoms with van der Waals surface area (Å²) in [6, 6.07) is 14.4. The SMILES string of the molecule is CCC1=C(N(C)c2ccc(F)c(C#N)c2)N=CC(Oc2cccc(N3CCOCC3)c2)=CC1. The minimum atomic E-state index is -0.527. The Labute approximate surface area is 193 Å². The van der Waals surface area contributed by atoms with Gasteiger partial charge in [-0.05, 0) is 54.8 Å². The van der Waals surface area contributed by atoms with E-state index in [0.29, 0.717) is 17.9 Å². The van der Waals surface area contributed by atoms with Crippen LogP contribution < -0.4 is 14.5 Å². The quantitative estimate of drug-likeness (QED) is 0.623. The third kappa shape index (κ3) is 5.24. The van der Waals surface area contributed by atoms with Gasteiger partial charge in [0, 0.05) is 37.6 Å². The topological polar surface area (TPSA) is 61.1 Å². The van der Waals surface area contributed by atoms with E-state index >= 15 is 0 Å². The molecule has 2 aliphatic rings. The molecule has 0 spiro atoms. The number of hydrogen-bond acceptors (Lipinski definition) is 6. The Morgan fingerprint density at radius 3 is 2.79 bits per heavy atom. The lowest BCUT2D eigenvalue weighted by molar-refractivity contribution is 0.122. The zero-order valence-corrected chi connectivity index (χ0v) is 18.9. The van der Waals surface area contributed by atoms with Crippen LogP contribution in [0.4, 0.5) is 15.8 Å². The fourth-order valence-corrected chi connectivity index (χ4v) is 3.91. The molecule has 33 heavy (non-hydrogen) atoms. The highest BCUT2D eigenvalue weighted by Gasteiger charge is 2.16. The highest BCUT2D eigenvalue weighted by atomic mass is 19.1. The molecule has 6 nitrogen and oxygen atoms in total. The molecule has 0 atom stereocenters. The Kier molecular flexibility index (Phi) is 7.06. The molecule has 0 bridgehead atoms. The van der Waals surface area contributed by atoms with Gasteiger partial charge >= 0.3 is 0 Å². The molecule has 0 N–H and O–H groups in total. The molecule has 2 aromatic rings. The highest BCUT2D eigenvalue weighted by molar-refractivity contribution is 5.79. The van der Waals surface area contributed by atoms with E-state index in [2.05, 4.69) is 17.9 Å². The van der Waals surface area contributed by atoms with Crippen LogP contribution >= 0.6 is 0 Å². The molecule has 0 unspecified atom stereocenters. The Morgan fingerprint density at radius 2 is 2.03 bits per heavy atom. The van der Waals surface area contributed by atoms with E-state index in [1.807, 2.05) is 42.3 Å². The first-order chi connectivity index (χ1) is 16.1. The lowest BCUT2D eigenvalue weighted by Gasteiger charge is -2.29. The van der Waals surface area contributed by atoms with Gasteiger partial charge in [-0.1, -0.05) is 13.0 Å². The van der Waals surface area contributed by atoms with Crippen molar-refractivity contribution in [3.8, 4) is 11.8 Å². The Bertz CT molecular complexity index is 1140. The summed E-state index contributed by atoms with van der Waals surface area (Å²) in [5.41, 5.74) is 2.95. The van der Waals surface area contributed by atoms with Crippen LogP contribution in [-0.4, -0.2) is 39.6 Å². The van der Waals surface area contributed by atoms with Gasteiger partial charge in [-0.2, -0.15) is 5.26 Å². The van der Waals surface area contributed by atoms with Gasteiger partial charge < -0.3 is 19.3 Å². The summed E-state index contributed by atoms with van der Waals surface area (Å²) >= 11 is 0. The predicted octanol–water partition coefficient (Wildman–Crippen LogP) is 5.03. The number of hydrogen-bond donors (Lipinski definition) is 0. The third-order valence-corrected chi connectivity index (χ3v) is 5.81. The van der Waals surface area contributed by atoms with Gasteiger partial charge in [-0.15, -0.1) is 0 Å².